The van der Waals surface area contributed by atoms with Crippen molar-refractivity contribution in [3.8, 4) is 0 Å². The standard InChI is InChI=1S/C31H48O2/c1-19(2)20(3)10-11-21(4)22-14-16-31(9)24-12-13-26-28(5,6)27(33)25(32)18-29(26,7)23(24)15-17-30(22,31)8/h18-19,21-22,26,32H,3,10-17H2,1-2,4-9H3/t21-,22-,26+,29-,30-,31+/m1/s1. The largest absolute Gasteiger partial charge is 0.505 e. The van der Waals surface area contributed by atoms with Crippen molar-refractivity contribution < 1.29 is 9.90 Å². The van der Waals surface area contributed by atoms with E-state index in [9.17, 15) is 9.90 Å². The van der Waals surface area contributed by atoms with Crippen LogP contribution in [0.1, 0.15) is 107 Å². The molecule has 0 aromatic rings. The number of Topliss-reactive ketones (excluding diaryl/α,β-unsaturated/α-hetero) is 1. The zero-order valence-corrected chi connectivity index (χ0v) is 22.6. The van der Waals surface area contributed by atoms with Crippen molar-refractivity contribution in [3.05, 3.63) is 35.1 Å². The van der Waals surface area contributed by atoms with Crippen molar-refractivity contribution >= 4 is 5.78 Å². The summed E-state index contributed by atoms with van der Waals surface area (Å²) in [5.41, 5.74) is 4.51. The van der Waals surface area contributed by atoms with Crippen LogP contribution in [0.4, 0.5) is 0 Å². The Labute approximate surface area is 203 Å². The Kier molecular flexibility index (Phi) is 5.90. The van der Waals surface area contributed by atoms with Crippen LogP contribution in [0.25, 0.3) is 0 Å². The molecule has 4 rings (SSSR count). The Hall–Kier alpha value is -1.31. The normalized spacial score (nSPS) is 40.8. The van der Waals surface area contributed by atoms with Crippen LogP contribution in [0.2, 0.25) is 0 Å². The highest BCUT2D eigenvalue weighted by atomic mass is 16.3. The Morgan fingerprint density at radius 3 is 2.36 bits per heavy atom. The SMILES string of the molecule is C=C(CC[C@@H](C)[C@H]1CC[C@@]2(C)C3=C(CC[C@]12C)[C@@]1(C)C=C(O)C(=O)C(C)(C)[C@@H]1CC3)C(C)C. The Balaban J connectivity index is 1.68. The molecule has 2 heteroatoms. The second-order valence-corrected chi connectivity index (χ2v) is 13.6. The molecule has 0 aromatic heterocycles. The van der Waals surface area contributed by atoms with Crippen LogP contribution in [-0.2, 0) is 4.79 Å². The average molecular weight is 453 g/mol. The van der Waals surface area contributed by atoms with Crippen molar-refractivity contribution in [2.45, 2.75) is 107 Å². The molecule has 6 atom stereocenters. The third-order valence-electron chi connectivity index (χ3n) is 11.6. The third kappa shape index (κ3) is 3.36. The fourth-order valence-corrected chi connectivity index (χ4v) is 9.05. The molecular weight excluding hydrogens is 404 g/mol. The molecule has 4 aliphatic carbocycles. The second kappa shape index (κ2) is 7.85. The van der Waals surface area contributed by atoms with Crippen LogP contribution < -0.4 is 0 Å². The molecule has 4 aliphatic rings. The quantitative estimate of drug-likeness (QED) is 0.424. The van der Waals surface area contributed by atoms with Gasteiger partial charge in [-0.2, -0.15) is 0 Å². The summed E-state index contributed by atoms with van der Waals surface area (Å²) in [6, 6.07) is 0. The van der Waals surface area contributed by atoms with Gasteiger partial charge in [0.15, 0.2) is 5.76 Å². The van der Waals surface area contributed by atoms with Crippen LogP contribution in [0.5, 0.6) is 0 Å². The number of hydrogen-bond donors (Lipinski definition) is 1. The lowest BCUT2D eigenvalue weighted by Gasteiger charge is -2.59. The molecule has 0 aliphatic heterocycles. The lowest BCUT2D eigenvalue weighted by molar-refractivity contribution is -0.133. The van der Waals surface area contributed by atoms with E-state index >= 15 is 0 Å². The second-order valence-electron chi connectivity index (χ2n) is 13.6. The summed E-state index contributed by atoms with van der Waals surface area (Å²) in [7, 11) is 0. The monoisotopic (exact) mass is 452 g/mol. The van der Waals surface area contributed by atoms with E-state index in [1.807, 2.05) is 6.08 Å². The van der Waals surface area contributed by atoms with Gasteiger partial charge >= 0.3 is 0 Å². The first-order valence-electron chi connectivity index (χ1n) is 13.6. The van der Waals surface area contributed by atoms with E-state index in [4.69, 9.17) is 0 Å². The number of ketones is 1. The van der Waals surface area contributed by atoms with E-state index in [1.54, 1.807) is 11.1 Å². The number of carbonyl (C=O) groups is 1. The van der Waals surface area contributed by atoms with E-state index < -0.39 is 5.41 Å². The summed E-state index contributed by atoms with van der Waals surface area (Å²) in [6.45, 7) is 22.9. The van der Waals surface area contributed by atoms with Gasteiger partial charge in [0.2, 0.25) is 5.78 Å². The smallest absolute Gasteiger partial charge is 0.202 e. The van der Waals surface area contributed by atoms with Crippen LogP contribution in [-0.4, -0.2) is 10.9 Å². The third-order valence-corrected chi connectivity index (χ3v) is 11.6. The number of fused-ring (bicyclic) bond motifs is 4. The molecule has 0 saturated heterocycles. The molecule has 1 N–H and O–H groups in total. The summed E-state index contributed by atoms with van der Waals surface area (Å²) in [5, 5.41) is 10.6. The van der Waals surface area contributed by atoms with Gasteiger partial charge in [-0.25, -0.2) is 0 Å². The van der Waals surface area contributed by atoms with E-state index in [0.717, 1.165) is 37.5 Å². The highest BCUT2D eigenvalue weighted by molar-refractivity contribution is 5.99. The molecule has 0 heterocycles. The van der Waals surface area contributed by atoms with Gasteiger partial charge in [0.25, 0.3) is 0 Å². The molecule has 33 heavy (non-hydrogen) atoms. The van der Waals surface area contributed by atoms with E-state index in [1.165, 1.54) is 31.3 Å². The number of carbonyl (C=O) groups excluding carboxylic acids is 1. The zero-order valence-electron chi connectivity index (χ0n) is 22.6. The van der Waals surface area contributed by atoms with E-state index in [2.05, 4.69) is 62.0 Å². The van der Waals surface area contributed by atoms with Crippen molar-refractivity contribution in [1.29, 1.82) is 0 Å². The predicted octanol–water partition coefficient (Wildman–Crippen LogP) is 8.60. The van der Waals surface area contributed by atoms with Crippen LogP contribution >= 0.6 is 0 Å². The van der Waals surface area contributed by atoms with Crippen LogP contribution in [0.3, 0.4) is 0 Å². The molecule has 0 radical (unpaired) electrons. The van der Waals surface area contributed by atoms with Crippen molar-refractivity contribution in [3.63, 3.8) is 0 Å². The molecule has 1 fully saturated rings. The average Bonchev–Trinajstić information content (AvgIpc) is 3.01. The minimum absolute atomic E-state index is 0.00529. The molecule has 184 valence electrons. The van der Waals surface area contributed by atoms with E-state index in [0.29, 0.717) is 11.3 Å². The molecule has 0 bridgehead atoms. The van der Waals surface area contributed by atoms with E-state index in [-0.39, 0.29) is 28.3 Å². The van der Waals surface area contributed by atoms with Gasteiger partial charge in [-0.05, 0) is 91.9 Å². The number of allylic oxidation sites excluding steroid dienone is 5. The maximum absolute atomic E-state index is 12.8. The van der Waals surface area contributed by atoms with Gasteiger partial charge in [0.1, 0.15) is 0 Å². The van der Waals surface area contributed by atoms with Gasteiger partial charge in [0, 0.05) is 10.8 Å². The summed E-state index contributed by atoms with van der Waals surface area (Å²) < 4.78 is 0. The first-order valence-corrected chi connectivity index (χ1v) is 13.6. The summed E-state index contributed by atoms with van der Waals surface area (Å²) in [5.74, 6) is 2.26. The first-order chi connectivity index (χ1) is 15.2. The predicted molar refractivity (Wildman–Crippen MR) is 138 cm³/mol. The maximum atomic E-state index is 12.8. The number of aliphatic hydroxyl groups excluding tert-OH is 1. The molecular formula is C31H48O2. The lowest BCUT2D eigenvalue weighted by atomic mass is 9.44. The summed E-state index contributed by atoms with van der Waals surface area (Å²) >= 11 is 0. The molecule has 2 nitrogen and oxygen atoms in total. The highest BCUT2D eigenvalue weighted by Crippen LogP contribution is 2.71. The Morgan fingerprint density at radius 1 is 1.06 bits per heavy atom. The Bertz CT molecular complexity index is 917. The fraction of sp³-hybridized carbons (Fsp3) is 0.774. The number of rotatable bonds is 5. The van der Waals surface area contributed by atoms with Crippen LogP contribution in [0.15, 0.2) is 35.1 Å². The van der Waals surface area contributed by atoms with Gasteiger partial charge in [0.05, 0.1) is 0 Å². The van der Waals surface area contributed by atoms with Crippen molar-refractivity contribution in [1.82, 2.24) is 0 Å². The Morgan fingerprint density at radius 2 is 1.73 bits per heavy atom. The summed E-state index contributed by atoms with van der Waals surface area (Å²) in [4.78, 5) is 12.8. The zero-order chi connectivity index (χ0) is 24.6. The fourth-order valence-electron chi connectivity index (χ4n) is 9.05. The van der Waals surface area contributed by atoms with Gasteiger partial charge in [-0.3, -0.25) is 4.79 Å². The van der Waals surface area contributed by atoms with Crippen molar-refractivity contribution in [2.75, 3.05) is 0 Å². The molecule has 0 aromatic carbocycles. The topological polar surface area (TPSA) is 37.3 Å². The number of hydrogen-bond acceptors (Lipinski definition) is 2. The molecule has 0 spiro atoms. The van der Waals surface area contributed by atoms with Gasteiger partial charge in [-0.15, -0.1) is 0 Å². The molecule has 0 amide bonds. The maximum Gasteiger partial charge on any atom is 0.202 e. The molecule has 1 saturated carbocycles. The van der Waals surface area contributed by atoms with Crippen LogP contribution in [0, 0.1) is 45.3 Å². The minimum atomic E-state index is -0.501. The lowest BCUT2D eigenvalue weighted by Crippen LogP contribution is -2.53. The number of aliphatic hydroxyl groups is 1. The highest BCUT2D eigenvalue weighted by Gasteiger charge is 2.63. The first kappa shape index (κ1) is 24.8. The van der Waals surface area contributed by atoms with Gasteiger partial charge < -0.3 is 5.11 Å². The van der Waals surface area contributed by atoms with Crippen molar-refractivity contribution in [2.24, 2.45) is 45.3 Å². The summed E-state index contributed by atoms with van der Waals surface area (Å²) in [6.07, 6.45) is 11.5. The van der Waals surface area contributed by atoms with Gasteiger partial charge in [-0.1, -0.05) is 78.7 Å². The molecule has 0 unspecified atom stereocenters. The minimum Gasteiger partial charge on any atom is -0.505 e.